The van der Waals surface area contributed by atoms with E-state index in [0.717, 1.165) is 24.8 Å². The Kier molecular flexibility index (Phi) is 4.51. The lowest BCUT2D eigenvalue weighted by Gasteiger charge is -2.31. The largest absolute Gasteiger partial charge is 0.356 e. The summed E-state index contributed by atoms with van der Waals surface area (Å²) in [7, 11) is 0. The fourth-order valence-corrected chi connectivity index (χ4v) is 2.66. The van der Waals surface area contributed by atoms with Gasteiger partial charge in [-0.1, -0.05) is 25.1 Å². The van der Waals surface area contributed by atoms with Crippen LogP contribution in [0.15, 0.2) is 36.5 Å². The highest BCUT2D eigenvalue weighted by Crippen LogP contribution is 2.21. The average Bonchev–Trinajstić information content (AvgIpc) is 2.55. The zero-order chi connectivity index (χ0) is 15.4. The zero-order valence-corrected chi connectivity index (χ0v) is 12.8. The summed E-state index contributed by atoms with van der Waals surface area (Å²) < 4.78 is 13.6. The van der Waals surface area contributed by atoms with Crippen LogP contribution in [-0.2, 0) is 6.54 Å². The Labute approximate surface area is 130 Å². The van der Waals surface area contributed by atoms with Gasteiger partial charge < -0.3 is 10.2 Å². The van der Waals surface area contributed by atoms with Gasteiger partial charge in [0.2, 0.25) is 5.95 Å². The average molecular weight is 300 g/mol. The Morgan fingerprint density at radius 2 is 2.00 bits per heavy atom. The van der Waals surface area contributed by atoms with Gasteiger partial charge in [-0.05, 0) is 30.9 Å². The number of nitrogens with zero attached hydrogens (tertiary/aromatic N) is 3. The van der Waals surface area contributed by atoms with Crippen LogP contribution < -0.4 is 10.2 Å². The van der Waals surface area contributed by atoms with Gasteiger partial charge in [0, 0.05) is 31.4 Å². The molecule has 22 heavy (non-hydrogen) atoms. The van der Waals surface area contributed by atoms with Crippen LogP contribution in [0.2, 0.25) is 0 Å². The summed E-state index contributed by atoms with van der Waals surface area (Å²) in [5.41, 5.74) is 0.614. The second kappa shape index (κ2) is 6.73. The van der Waals surface area contributed by atoms with E-state index in [0.29, 0.717) is 18.1 Å². The van der Waals surface area contributed by atoms with Crippen LogP contribution in [0.3, 0.4) is 0 Å². The van der Waals surface area contributed by atoms with Crippen LogP contribution in [0.1, 0.15) is 25.3 Å². The zero-order valence-electron chi connectivity index (χ0n) is 12.8. The fraction of sp³-hybridized carbons (Fsp3) is 0.412. The van der Waals surface area contributed by atoms with Crippen LogP contribution in [-0.4, -0.2) is 23.1 Å². The number of rotatable bonds is 4. The summed E-state index contributed by atoms with van der Waals surface area (Å²) in [4.78, 5) is 11.1. The topological polar surface area (TPSA) is 41.1 Å². The van der Waals surface area contributed by atoms with Crippen molar-refractivity contribution in [1.29, 1.82) is 0 Å². The van der Waals surface area contributed by atoms with E-state index in [2.05, 4.69) is 27.1 Å². The first-order chi connectivity index (χ1) is 10.7. The highest BCUT2D eigenvalue weighted by atomic mass is 19.1. The molecule has 5 heteroatoms. The summed E-state index contributed by atoms with van der Waals surface area (Å²) in [5, 5.41) is 3.10. The fourth-order valence-electron chi connectivity index (χ4n) is 2.66. The summed E-state index contributed by atoms with van der Waals surface area (Å²) in [6.07, 6.45) is 4.15. The molecule has 0 bridgehead atoms. The number of anilines is 2. The Morgan fingerprint density at radius 3 is 2.77 bits per heavy atom. The molecule has 0 radical (unpaired) electrons. The molecule has 1 aliphatic heterocycles. The van der Waals surface area contributed by atoms with E-state index in [4.69, 9.17) is 0 Å². The molecule has 4 nitrogen and oxygen atoms in total. The molecular weight excluding hydrogens is 279 g/mol. The number of benzene rings is 1. The summed E-state index contributed by atoms with van der Waals surface area (Å²) in [5.74, 6) is 2.06. The SMILES string of the molecule is CC1CCN(c2ccnc(NCc3ccccc3F)n2)CC1. The number of aromatic nitrogens is 2. The van der Waals surface area contributed by atoms with Gasteiger partial charge in [-0.2, -0.15) is 4.98 Å². The predicted octanol–water partition coefficient (Wildman–Crippen LogP) is 3.46. The molecule has 2 heterocycles. The maximum absolute atomic E-state index is 13.6. The lowest BCUT2D eigenvalue weighted by molar-refractivity contribution is 0.436. The first kappa shape index (κ1) is 14.8. The Balaban J connectivity index is 1.65. The van der Waals surface area contributed by atoms with Crippen molar-refractivity contribution in [3.8, 4) is 0 Å². The molecule has 1 N–H and O–H groups in total. The van der Waals surface area contributed by atoms with Crippen molar-refractivity contribution in [2.75, 3.05) is 23.3 Å². The van der Waals surface area contributed by atoms with Gasteiger partial charge in [0.25, 0.3) is 0 Å². The quantitative estimate of drug-likeness (QED) is 0.939. The van der Waals surface area contributed by atoms with Crippen molar-refractivity contribution < 1.29 is 4.39 Å². The van der Waals surface area contributed by atoms with Gasteiger partial charge in [-0.3, -0.25) is 0 Å². The second-order valence-electron chi connectivity index (χ2n) is 5.85. The molecule has 2 aromatic rings. The Morgan fingerprint density at radius 1 is 1.23 bits per heavy atom. The molecule has 3 rings (SSSR count). The number of halogens is 1. The number of nitrogens with one attached hydrogen (secondary N) is 1. The molecule has 1 aromatic carbocycles. The van der Waals surface area contributed by atoms with Crippen molar-refractivity contribution in [2.24, 2.45) is 5.92 Å². The van der Waals surface area contributed by atoms with E-state index in [-0.39, 0.29) is 5.82 Å². The smallest absolute Gasteiger partial charge is 0.224 e. The molecule has 1 aromatic heterocycles. The minimum atomic E-state index is -0.212. The van der Waals surface area contributed by atoms with Gasteiger partial charge in [0.1, 0.15) is 11.6 Å². The normalized spacial score (nSPS) is 15.8. The molecule has 0 unspecified atom stereocenters. The molecule has 0 saturated carbocycles. The number of hydrogen-bond acceptors (Lipinski definition) is 4. The molecular formula is C17H21FN4. The first-order valence-electron chi connectivity index (χ1n) is 7.77. The van der Waals surface area contributed by atoms with E-state index in [1.54, 1.807) is 18.3 Å². The van der Waals surface area contributed by atoms with Crippen LogP contribution in [0.4, 0.5) is 16.2 Å². The van der Waals surface area contributed by atoms with E-state index < -0.39 is 0 Å². The van der Waals surface area contributed by atoms with Gasteiger partial charge in [0.05, 0.1) is 0 Å². The van der Waals surface area contributed by atoms with E-state index in [1.807, 2.05) is 12.1 Å². The highest BCUT2D eigenvalue weighted by Gasteiger charge is 2.17. The van der Waals surface area contributed by atoms with Crippen molar-refractivity contribution >= 4 is 11.8 Å². The minimum absolute atomic E-state index is 0.212. The Hall–Kier alpha value is -2.17. The standard InChI is InChI=1S/C17H21FN4/c1-13-7-10-22(11-8-13)16-6-9-19-17(21-16)20-12-14-4-2-3-5-15(14)18/h2-6,9,13H,7-8,10-12H2,1H3,(H,19,20,21). The maximum atomic E-state index is 13.6. The summed E-state index contributed by atoms with van der Waals surface area (Å²) >= 11 is 0. The maximum Gasteiger partial charge on any atom is 0.224 e. The molecule has 0 aliphatic carbocycles. The third-order valence-electron chi connectivity index (χ3n) is 4.14. The third-order valence-corrected chi connectivity index (χ3v) is 4.14. The van der Waals surface area contributed by atoms with Gasteiger partial charge in [0.15, 0.2) is 0 Å². The van der Waals surface area contributed by atoms with Gasteiger partial charge >= 0.3 is 0 Å². The monoisotopic (exact) mass is 300 g/mol. The predicted molar refractivity (Wildman–Crippen MR) is 86.4 cm³/mol. The molecule has 0 amide bonds. The summed E-state index contributed by atoms with van der Waals surface area (Å²) in [6, 6.07) is 8.67. The van der Waals surface area contributed by atoms with Crippen LogP contribution >= 0.6 is 0 Å². The Bertz CT molecular complexity index is 624. The second-order valence-corrected chi connectivity index (χ2v) is 5.85. The molecule has 1 fully saturated rings. The van der Waals surface area contributed by atoms with Gasteiger partial charge in [-0.25, -0.2) is 9.37 Å². The lowest BCUT2D eigenvalue weighted by atomic mass is 9.99. The van der Waals surface area contributed by atoms with E-state index in [9.17, 15) is 4.39 Å². The van der Waals surface area contributed by atoms with E-state index in [1.165, 1.54) is 18.9 Å². The van der Waals surface area contributed by atoms with Gasteiger partial charge in [-0.15, -0.1) is 0 Å². The number of piperidine rings is 1. The van der Waals surface area contributed by atoms with Crippen LogP contribution in [0.5, 0.6) is 0 Å². The van der Waals surface area contributed by atoms with Crippen LogP contribution in [0, 0.1) is 11.7 Å². The van der Waals surface area contributed by atoms with Crippen molar-refractivity contribution in [3.05, 3.63) is 47.9 Å². The van der Waals surface area contributed by atoms with E-state index >= 15 is 0 Å². The summed E-state index contributed by atoms with van der Waals surface area (Å²) in [6.45, 7) is 4.74. The molecule has 1 aliphatic rings. The lowest BCUT2D eigenvalue weighted by Crippen LogP contribution is -2.33. The minimum Gasteiger partial charge on any atom is -0.356 e. The van der Waals surface area contributed by atoms with Crippen molar-refractivity contribution in [3.63, 3.8) is 0 Å². The van der Waals surface area contributed by atoms with Crippen LogP contribution in [0.25, 0.3) is 0 Å². The molecule has 116 valence electrons. The number of hydrogen-bond donors (Lipinski definition) is 1. The molecule has 0 spiro atoms. The van der Waals surface area contributed by atoms with Crippen molar-refractivity contribution in [1.82, 2.24) is 9.97 Å². The third kappa shape index (κ3) is 3.53. The first-order valence-corrected chi connectivity index (χ1v) is 7.77. The molecule has 1 saturated heterocycles. The van der Waals surface area contributed by atoms with Crippen molar-refractivity contribution in [2.45, 2.75) is 26.3 Å². The molecule has 0 atom stereocenters. The highest BCUT2D eigenvalue weighted by molar-refractivity contribution is 5.43.